The molecule has 0 radical (unpaired) electrons. The standard InChI is InChI=1S/C22H34N4O2/c1-7-8-11-14-26-17-13-10-9-12-16(17)18(25-26)19(27)24-22(15(2)3,20(23)28)21(4,5)6/h9-10,12-13,15H,7-8,11,14H2,1-6H3,(H2,23,28)(H,24,27). The van der Waals surface area contributed by atoms with E-state index in [1.54, 1.807) is 0 Å². The summed E-state index contributed by atoms with van der Waals surface area (Å²) < 4.78 is 1.89. The predicted octanol–water partition coefficient (Wildman–Crippen LogP) is 3.88. The molecule has 1 aromatic heterocycles. The molecule has 0 fully saturated rings. The first-order chi connectivity index (χ1) is 13.1. The number of nitrogens with zero attached hydrogens (tertiary/aromatic N) is 2. The highest BCUT2D eigenvalue weighted by molar-refractivity contribution is 6.07. The highest BCUT2D eigenvalue weighted by atomic mass is 16.2. The molecule has 1 heterocycles. The molecule has 28 heavy (non-hydrogen) atoms. The Morgan fingerprint density at radius 2 is 1.82 bits per heavy atom. The first kappa shape index (κ1) is 21.9. The molecule has 6 nitrogen and oxygen atoms in total. The molecule has 2 rings (SSSR count). The van der Waals surface area contributed by atoms with Gasteiger partial charge in [0, 0.05) is 11.9 Å². The summed E-state index contributed by atoms with van der Waals surface area (Å²) >= 11 is 0. The van der Waals surface area contributed by atoms with Crippen LogP contribution in [0.25, 0.3) is 10.9 Å². The minimum Gasteiger partial charge on any atom is -0.368 e. The summed E-state index contributed by atoms with van der Waals surface area (Å²) in [7, 11) is 0. The van der Waals surface area contributed by atoms with Gasteiger partial charge >= 0.3 is 0 Å². The molecule has 0 saturated heterocycles. The van der Waals surface area contributed by atoms with Crippen molar-refractivity contribution in [3.05, 3.63) is 30.0 Å². The third-order valence-electron chi connectivity index (χ3n) is 5.59. The van der Waals surface area contributed by atoms with Gasteiger partial charge in [0.2, 0.25) is 5.91 Å². The van der Waals surface area contributed by atoms with Crippen molar-refractivity contribution >= 4 is 22.7 Å². The van der Waals surface area contributed by atoms with Gasteiger partial charge < -0.3 is 11.1 Å². The first-order valence-electron chi connectivity index (χ1n) is 10.1. The fraction of sp³-hybridized carbons (Fsp3) is 0.591. The summed E-state index contributed by atoms with van der Waals surface area (Å²) in [5.74, 6) is -1.07. The topological polar surface area (TPSA) is 90.0 Å². The van der Waals surface area contributed by atoms with Gasteiger partial charge in [-0.3, -0.25) is 14.3 Å². The number of fused-ring (bicyclic) bond motifs is 1. The van der Waals surface area contributed by atoms with Gasteiger partial charge in [0.15, 0.2) is 5.69 Å². The smallest absolute Gasteiger partial charge is 0.273 e. The Balaban J connectivity index is 2.48. The van der Waals surface area contributed by atoms with E-state index in [9.17, 15) is 9.59 Å². The predicted molar refractivity (Wildman–Crippen MR) is 113 cm³/mol. The number of hydrogen-bond donors (Lipinski definition) is 2. The molecule has 1 aromatic carbocycles. The molecular formula is C22H34N4O2. The van der Waals surface area contributed by atoms with Gasteiger partial charge in [0.25, 0.3) is 5.91 Å². The molecular weight excluding hydrogens is 352 g/mol. The summed E-state index contributed by atoms with van der Waals surface area (Å²) in [6, 6.07) is 7.70. The molecule has 0 spiro atoms. The van der Waals surface area contributed by atoms with Crippen LogP contribution in [-0.4, -0.2) is 27.1 Å². The lowest BCUT2D eigenvalue weighted by Gasteiger charge is -2.45. The third-order valence-corrected chi connectivity index (χ3v) is 5.59. The van der Waals surface area contributed by atoms with E-state index in [2.05, 4.69) is 17.3 Å². The molecule has 3 N–H and O–H groups in total. The minimum absolute atomic E-state index is 0.174. The summed E-state index contributed by atoms with van der Waals surface area (Å²) in [5, 5.41) is 8.35. The van der Waals surface area contributed by atoms with Crippen LogP contribution in [0.1, 0.15) is 71.3 Å². The van der Waals surface area contributed by atoms with Gasteiger partial charge in [0.05, 0.1) is 5.52 Å². The molecule has 0 aliphatic carbocycles. The number of carbonyl (C=O) groups is 2. The maximum atomic E-state index is 13.3. The number of primary amides is 1. The average Bonchev–Trinajstić information content (AvgIpc) is 2.97. The fourth-order valence-electron chi connectivity index (χ4n) is 4.13. The van der Waals surface area contributed by atoms with Crippen molar-refractivity contribution in [2.75, 3.05) is 0 Å². The van der Waals surface area contributed by atoms with Gasteiger partial charge in [-0.15, -0.1) is 0 Å². The molecule has 0 aliphatic heterocycles. The fourth-order valence-corrected chi connectivity index (χ4v) is 4.13. The van der Waals surface area contributed by atoms with Crippen LogP contribution >= 0.6 is 0 Å². The van der Waals surface area contributed by atoms with E-state index in [0.717, 1.165) is 36.7 Å². The zero-order valence-corrected chi connectivity index (χ0v) is 18.0. The Kier molecular flexibility index (Phi) is 6.52. The number of hydrogen-bond acceptors (Lipinski definition) is 3. The maximum absolute atomic E-state index is 13.3. The zero-order chi connectivity index (χ0) is 21.1. The first-order valence-corrected chi connectivity index (χ1v) is 10.1. The number of nitrogens with one attached hydrogen (secondary N) is 1. The maximum Gasteiger partial charge on any atom is 0.273 e. The van der Waals surface area contributed by atoms with Crippen molar-refractivity contribution in [1.82, 2.24) is 15.1 Å². The Hall–Kier alpha value is -2.37. The molecule has 6 heteroatoms. The molecule has 1 atom stereocenters. The van der Waals surface area contributed by atoms with Crippen LogP contribution in [-0.2, 0) is 11.3 Å². The van der Waals surface area contributed by atoms with Gasteiger partial charge in [-0.1, -0.05) is 72.6 Å². The summed E-state index contributed by atoms with van der Waals surface area (Å²) in [6.07, 6.45) is 3.23. The number of rotatable bonds is 8. The lowest BCUT2D eigenvalue weighted by atomic mass is 9.66. The van der Waals surface area contributed by atoms with Crippen molar-refractivity contribution in [3.63, 3.8) is 0 Å². The Morgan fingerprint density at radius 3 is 2.36 bits per heavy atom. The van der Waals surface area contributed by atoms with E-state index in [0.29, 0.717) is 5.69 Å². The lowest BCUT2D eigenvalue weighted by molar-refractivity contribution is -0.131. The summed E-state index contributed by atoms with van der Waals surface area (Å²) in [4.78, 5) is 25.8. The van der Waals surface area contributed by atoms with Crippen LogP contribution in [0.5, 0.6) is 0 Å². The van der Waals surface area contributed by atoms with Gasteiger partial charge in [-0.2, -0.15) is 5.10 Å². The molecule has 0 bridgehead atoms. The second-order valence-electron chi connectivity index (χ2n) is 8.83. The SMILES string of the molecule is CCCCCn1nc(C(=O)NC(C(N)=O)(C(C)C)C(C)(C)C)c2ccccc21. The monoisotopic (exact) mass is 386 g/mol. The van der Waals surface area contributed by atoms with E-state index in [4.69, 9.17) is 5.73 Å². The van der Waals surface area contributed by atoms with E-state index >= 15 is 0 Å². The Bertz CT molecular complexity index is 848. The molecule has 2 aromatic rings. The van der Waals surface area contributed by atoms with Crippen molar-refractivity contribution in [3.8, 4) is 0 Å². The minimum atomic E-state index is -1.18. The van der Waals surface area contributed by atoms with Crippen molar-refractivity contribution in [2.45, 2.75) is 72.9 Å². The number of aromatic nitrogens is 2. The summed E-state index contributed by atoms with van der Waals surface area (Å²) in [5.41, 5.74) is 5.33. The number of amides is 2. The Morgan fingerprint density at radius 1 is 1.18 bits per heavy atom. The van der Waals surface area contributed by atoms with Crippen LogP contribution in [0, 0.1) is 11.3 Å². The van der Waals surface area contributed by atoms with E-state index in [1.165, 1.54) is 0 Å². The normalized spacial score (nSPS) is 14.2. The van der Waals surface area contributed by atoms with Crippen molar-refractivity contribution < 1.29 is 9.59 Å². The van der Waals surface area contributed by atoms with Crippen LogP contribution in [0.3, 0.4) is 0 Å². The van der Waals surface area contributed by atoms with E-state index < -0.39 is 16.9 Å². The highest BCUT2D eigenvalue weighted by Crippen LogP contribution is 2.37. The van der Waals surface area contributed by atoms with Crippen LogP contribution in [0.4, 0.5) is 0 Å². The van der Waals surface area contributed by atoms with Gasteiger partial charge in [-0.25, -0.2) is 0 Å². The molecule has 154 valence electrons. The second kappa shape index (κ2) is 8.33. The van der Waals surface area contributed by atoms with Crippen LogP contribution in [0.2, 0.25) is 0 Å². The lowest BCUT2D eigenvalue weighted by Crippen LogP contribution is -2.67. The van der Waals surface area contributed by atoms with Gasteiger partial charge in [-0.05, 0) is 23.8 Å². The molecule has 2 amide bonds. The Labute approximate surface area is 167 Å². The quantitative estimate of drug-likeness (QED) is 0.675. The van der Waals surface area contributed by atoms with Crippen LogP contribution in [0.15, 0.2) is 24.3 Å². The van der Waals surface area contributed by atoms with Crippen LogP contribution < -0.4 is 11.1 Å². The number of benzene rings is 1. The number of carbonyl (C=O) groups excluding carboxylic acids is 2. The highest BCUT2D eigenvalue weighted by Gasteiger charge is 2.51. The average molecular weight is 387 g/mol. The largest absolute Gasteiger partial charge is 0.368 e. The van der Waals surface area contributed by atoms with Gasteiger partial charge in [0.1, 0.15) is 5.54 Å². The number of aryl methyl sites for hydroxylation is 1. The number of para-hydroxylation sites is 1. The van der Waals surface area contributed by atoms with E-state index in [1.807, 2.05) is 63.6 Å². The molecule has 0 aliphatic rings. The number of nitrogens with two attached hydrogens (primary N) is 1. The third kappa shape index (κ3) is 3.91. The molecule has 0 saturated carbocycles. The van der Waals surface area contributed by atoms with Crippen molar-refractivity contribution in [1.29, 1.82) is 0 Å². The molecule has 1 unspecified atom stereocenters. The van der Waals surface area contributed by atoms with Crippen molar-refractivity contribution in [2.24, 2.45) is 17.1 Å². The summed E-state index contributed by atoms with van der Waals surface area (Å²) in [6.45, 7) is 12.5. The van der Waals surface area contributed by atoms with E-state index in [-0.39, 0.29) is 11.8 Å². The second-order valence-corrected chi connectivity index (χ2v) is 8.83. The zero-order valence-electron chi connectivity index (χ0n) is 18.0. The number of unbranched alkanes of at least 4 members (excludes halogenated alkanes) is 2.